The van der Waals surface area contributed by atoms with Crippen LogP contribution in [0.15, 0.2) is 30.3 Å². The van der Waals surface area contributed by atoms with Gasteiger partial charge in [-0.25, -0.2) is 0 Å². The Kier molecular flexibility index (Phi) is 5.83. The fourth-order valence-corrected chi connectivity index (χ4v) is 4.44. The highest BCUT2D eigenvalue weighted by atomic mass is 16.5. The minimum atomic E-state index is -0.000101. The van der Waals surface area contributed by atoms with Gasteiger partial charge in [0.05, 0.1) is 13.2 Å². The molecule has 28 heavy (non-hydrogen) atoms. The molecule has 4 rings (SSSR count). The van der Waals surface area contributed by atoms with Crippen LogP contribution in [0.25, 0.3) is 5.69 Å². The summed E-state index contributed by atoms with van der Waals surface area (Å²) in [5.41, 5.74) is 6.08. The number of nitrogens with zero attached hydrogens (tertiary/aromatic N) is 2. The third-order valence-electron chi connectivity index (χ3n) is 6.02. The fourth-order valence-electron chi connectivity index (χ4n) is 4.44. The van der Waals surface area contributed by atoms with Crippen LogP contribution in [0.2, 0.25) is 0 Å². The Hall–Kier alpha value is -2.11. The topological polar surface area (TPSA) is 46.5 Å². The Morgan fingerprint density at radius 3 is 2.71 bits per heavy atom. The van der Waals surface area contributed by atoms with Gasteiger partial charge >= 0.3 is 0 Å². The van der Waals surface area contributed by atoms with Crippen LogP contribution < -0.4 is 5.32 Å². The van der Waals surface area contributed by atoms with Crippen LogP contribution in [0.4, 0.5) is 0 Å². The van der Waals surface area contributed by atoms with Gasteiger partial charge < -0.3 is 14.6 Å². The SMILES string of the molecule is Cc1cc2c(n1-c1ccc(C(=O)NCCN3CCOCC3)cc1)CCC(C)C2. The van der Waals surface area contributed by atoms with Crippen LogP contribution in [0.5, 0.6) is 0 Å². The lowest BCUT2D eigenvalue weighted by molar-refractivity contribution is 0.0383. The lowest BCUT2D eigenvalue weighted by Crippen LogP contribution is -2.41. The van der Waals surface area contributed by atoms with Gasteiger partial charge in [-0.3, -0.25) is 9.69 Å². The van der Waals surface area contributed by atoms with E-state index in [2.05, 4.69) is 46.8 Å². The predicted molar refractivity (Wildman–Crippen MR) is 111 cm³/mol. The molecule has 1 amide bonds. The summed E-state index contributed by atoms with van der Waals surface area (Å²) in [5, 5.41) is 3.04. The van der Waals surface area contributed by atoms with Gasteiger partial charge in [0.1, 0.15) is 0 Å². The van der Waals surface area contributed by atoms with Crippen LogP contribution in [0, 0.1) is 12.8 Å². The van der Waals surface area contributed by atoms with E-state index in [9.17, 15) is 4.79 Å². The van der Waals surface area contributed by atoms with Crippen molar-refractivity contribution in [1.29, 1.82) is 0 Å². The van der Waals surface area contributed by atoms with Crippen molar-refractivity contribution in [3.05, 3.63) is 52.8 Å². The monoisotopic (exact) mass is 381 g/mol. The highest BCUT2D eigenvalue weighted by molar-refractivity contribution is 5.94. The number of hydrogen-bond donors (Lipinski definition) is 1. The molecule has 1 unspecified atom stereocenters. The number of benzene rings is 1. The van der Waals surface area contributed by atoms with Gasteiger partial charge in [0.2, 0.25) is 0 Å². The molecule has 1 fully saturated rings. The number of fused-ring (bicyclic) bond motifs is 1. The number of aromatic nitrogens is 1. The molecule has 1 aliphatic carbocycles. The van der Waals surface area contributed by atoms with Gasteiger partial charge in [-0.2, -0.15) is 0 Å². The second kappa shape index (κ2) is 8.50. The number of nitrogens with one attached hydrogen (secondary N) is 1. The molecule has 5 nitrogen and oxygen atoms in total. The van der Waals surface area contributed by atoms with Crippen molar-refractivity contribution in [2.75, 3.05) is 39.4 Å². The molecule has 1 aromatic heterocycles. The Bertz CT molecular complexity index is 819. The Balaban J connectivity index is 1.39. The molecule has 2 heterocycles. The summed E-state index contributed by atoms with van der Waals surface area (Å²) < 4.78 is 7.72. The van der Waals surface area contributed by atoms with Crippen molar-refractivity contribution >= 4 is 5.91 Å². The van der Waals surface area contributed by atoms with Gasteiger partial charge in [-0.05, 0) is 68.0 Å². The molecule has 2 aliphatic rings. The van der Waals surface area contributed by atoms with Crippen molar-refractivity contribution in [2.24, 2.45) is 5.92 Å². The number of hydrogen-bond acceptors (Lipinski definition) is 3. The lowest BCUT2D eigenvalue weighted by Gasteiger charge is -2.26. The molecule has 0 radical (unpaired) electrons. The van der Waals surface area contributed by atoms with E-state index in [1.165, 1.54) is 29.8 Å². The Morgan fingerprint density at radius 1 is 1.21 bits per heavy atom. The highest BCUT2D eigenvalue weighted by Crippen LogP contribution is 2.30. The van der Waals surface area contributed by atoms with Gasteiger partial charge in [-0.15, -0.1) is 0 Å². The van der Waals surface area contributed by atoms with E-state index in [-0.39, 0.29) is 5.91 Å². The smallest absolute Gasteiger partial charge is 0.251 e. The molecule has 1 N–H and O–H groups in total. The van der Waals surface area contributed by atoms with E-state index in [1.807, 2.05) is 12.1 Å². The highest BCUT2D eigenvalue weighted by Gasteiger charge is 2.21. The summed E-state index contributed by atoms with van der Waals surface area (Å²) in [4.78, 5) is 14.8. The zero-order valence-electron chi connectivity index (χ0n) is 17.0. The van der Waals surface area contributed by atoms with E-state index in [4.69, 9.17) is 4.74 Å². The maximum Gasteiger partial charge on any atom is 0.251 e. The van der Waals surface area contributed by atoms with E-state index >= 15 is 0 Å². The summed E-state index contributed by atoms with van der Waals surface area (Å²) in [6, 6.07) is 10.4. The van der Waals surface area contributed by atoms with Crippen molar-refractivity contribution < 1.29 is 9.53 Å². The van der Waals surface area contributed by atoms with Gasteiger partial charge in [0, 0.05) is 48.8 Å². The summed E-state index contributed by atoms with van der Waals surface area (Å²) in [6.07, 6.45) is 3.56. The molecule has 2 aromatic rings. The minimum absolute atomic E-state index is 0.000101. The Morgan fingerprint density at radius 2 is 1.96 bits per heavy atom. The first-order valence-electron chi connectivity index (χ1n) is 10.5. The molecule has 0 bridgehead atoms. The summed E-state index contributed by atoms with van der Waals surface area (Å²) >= 11 is 0. The molecule has 1 atom stereocenters. The maximum absolute atomic E-state index is 12.5. The van der Waals surface area contributed by atoms with Gasteiger partial charge in [-0.1, -0.05) is 6.92 Å². The number of carbonyl (C=O) groups excluding carboxylic acids is 1. The van der Waals surface area contributed by atoms with Crippen molar-refractivity contribution in [1.82, 2.24) is 14.8 Å². The first kappa shape index (κ1) is 19.2. The van der Waals surface area contributed by atoms with Crippen LogP contribution in [-0.4, -0.2) is 54.8 Å². The molecule has 1 saturated heterocycles. The van der Waals surface area contributed by atoms with E-state index in [0.717, 1.165) is 56.4 Å². The number of rotatable bonds is 5. The average molecular weight is 382 g/mol. The van der Waals surface area contributed by atoms with Crippen molar-refractivity contribution in [3.8, 4) is 5.69 Å². The lowest BCUT2D eigenvalue weighted by atomic mass is 9.89. The summed E-state index contributed by atoms with van der Waals surface area (Å²) in [5.74, 6) is 0.770. The van der Waals surface area contributed by atoms with Crippen molar-refractivity contribution in [2.45, 2.75) is 33.1 Å². The normalized spacial score (nSPS) is 20.0. The van der Waals surface area contributed by atoms with E-state index in [0.29, 0.717) is 6.54 Å². The molecule has 0 spiro atoms. The van der Waals surface area contributed by atoms with E-state index < -0.39 is 0 Å². The summed E-state index contributed by atoms with van der Waals surface area (Å²) in [7, 11) is 0. The van der Waals surface area contributed by atoms with Crippen molar-refractivity contribution in [3.63, 3.8) is 0 Å². The quantitative estimate of drug-likeness (QED) is 0.866. The third-order valence-corrected chi connectivity index (χ3v) is 6.02. The molecule has 1 aliphatic heterocycles. The Labute approximate surface area is 167 Å². The van der Waals surface area contributed by atoms with Crippen LogP contribution >= 0.6 is 0 Å². The largest absolute Gasteiger partial charge is 0.379 e. The fraction of sp³-hybridized carbons (Fsp3) is 0.522. The number of amides is 1. The minimum Gasteiger partial charge on any atom is -0.379 e. The summed E-state index contributed by atoms with van der Waals surface area (Å²) in [6.45, 7) is 9.53. The van der Waals surface area contributed by atoms with Crippen LogP contribution in [0.1, 0.15) is 40.7 Å². The number of ether oxygens (including phenoxy) is 1. The first-order chi connectivity index (χ1) is 13.6. The molecule has 0 saturated carbocycles. The zero-order valence-corrected chi connectivity index (χ0v) is 17.0. The van der Waals surface area contributed by atoms with E-state index in [1.54, 1.807) is 0 Å². The predicted octanol–water partition coefficient (Wildman–Crippen LogP) is 2.97. The number of aryl methyl sites for hydroxylation is 1. The third kappa shape index (κ3) is 4.15. The molecular formula is C23H31N3O2. The number of carbonyl (C=O) groups is 1. The van der Waals surface area contributed by atoms with Gasteiger partial charge in [0.25, 0.3) is 5.91 Å². The van der Waals surface area contributed by atoms with Gasteiger partial charge in [0.15, 0.2) is 0 Å². The zero-order chi connectivity index (χ0) is 19.5. The average Bonchev–Trinajstić information content (AvgIpc) is 3.03. The molecular weight excluding hydrogens is 350 g/mol. The second-order valence-corrected chi connectivity index (χ2v) is 8.20. The maximum atomic E-state index is 12.5. The second-order valence-electron chi connectivity index (χ2n) is 8.20. The van der Waals surface area contributed by atoms with Crippen LogP contribution in [0.3, 0.4) is 0 Å². The molecule has 1 aromatic carbocycles. The first-order valence-corrected chi connectivity index (χ1v) is 10.5. The molecule has 5 heteroatoms. The molecule has 150 valence electrons. The van der Waals surface area contributed by atoms with Crippen LogP contribution in [-0.2, 0) is 17.6 Å². The standard InChI is InChI=1S/C23H31N3O2/c1-17-3-8-22-20(15-17)16-18(2)26(22)21-6-4-19(5-7-21)23(27)24-9-10-25-11-13-28-14-12-25/h4-7,16-17H,3,8-15H2,1-2H3,(H,24,27). The number of morpholine rings is 1.